The summed E-state index contributed by atoms with van der Waals surface area (Å²) in [6, 6.07) is 0. The molecule has 0 spiro atoms. The number of ether oxygens (including phenoxy) is 1. The van der Waals surface area contributed by atoms with Crippen LogP contribution in [0.4, 0.5) is 5.95 Å². The largest absolute Gasteiger partial charge is 0.496 e. The molecular weight excluding hydrogens is 402 g/mol. The van der Waals surface area contributed by atoms with Gasteiger partial charge in [0.15, 0.2) is 5.65 Å². The number of carbonyl (C=O) groups excluding carboxylic acids is 1. The van der Waals surface area contributed by atoms with E-state index in [0.29, 0.717) is 24.4 Å². The van der Waals surface area contributed by atoms with Crippen LogP contribution in [0, 0.1) is 13.8 Å². The summed E-state index contributed by atoms with van der Waals surface area (Å²) in [5.41, 5.74) is 11.1. The minimum atomic E-state index is -0.0411. The van der Waals surface area contributed by atoms with Gasteiger partial charge in [-0.2, -0.15) is 10.1 Å². The lowest BCUT2D eigenvalue weighted by Gasteiger charge is -2.12. The highest BCUT2D eigenvalue weighted by atomic mass is 32.2. The molecule has 0 saturated carbocycles. The molecule has 0 atom stereocenters. The zero-order valence-corrected chi connectivity index (χ0v) is 18.1. The fourth-order valence-corrected chi connectivity index (χ4v) is 4.57. The number of aryl methyl sites for hydroxylation is 1. The highest BCUT2D eigenvalue weighted by Gasteiger charge is 2.22. The highest BCUT2D eigenvalue weighted by Crippen LogP contribution is 2.35. The second kappa shape index (κ2) is 7.94. The number of nitrogens with two attached hydrogens (primary N) is 1. The second-order valence-corrected chi connectivity index (χ2v) is 8.08. The van der Waals surface area contributed by atoms with Crippen LogP contribution in [0.25, 0.3) is 17.1 Å². The number of nitrogens with zero attached hydrogens (tertiary/aromatic N) is 5. The highest BCUT2D eigenvalue weighted by molar-refractivity contribution is 7.99. The quantitative estimate of drug-likeness (QED) is 0.596. The van der Waals surface area contributed by atoms with Crippen LogP contribution in [0.5, 0.6) is 5.75 Å². The number of thioether (sulfide) groups is 1. The van der Waals surface area contributed by atoms with E-state index in [1.165, 1.54) is 11.8 Å². The summed E-state index contributed by atoms with van der Waals surface area (Å²) >= 11 is 1.54. The van der Waals surface area contributed by atoms with Crippen molar-refractivity contribution < 1.29 is 9.53 Å². The SMILES string of the molecule is CNC(=O)CC1=Cc2nn(Cc3ncc(C)c(OC)c3C)c3nc(N)nc(c23)SC1. The lowest BCUT2D eigenvalue weighted by Crippen LogP contribution is -2.18. The summed E-state index contributed by atoms with van der Waals surface area (Å²) in [6.07, 6.45) is 4.06. The number of hydrogen-bond acceptors (Lipinski definition) is 8. The van der Waals surface area contributed by atoms with E-state index >= 15 is 0 Å². The molecule has 4 heterocycles. The van der Waals surface area contributed by atoms with Crippen LogP contribution < -0.4 is 15.8 Å². The number of rotatable bonds is 5. The average Bonchev–Trinajstić information content (AvgIpc) is 2.95. The van der Waals surface area contributed by atoms with Gasteiger partial charge in [-0.3, -0.25) is 9.78 Å². The molecule has 3 aromatic heterocycles. The number of hydrogen-bond donors (Lipinski definition) is 2. The van der Waals surface area contributed by atoms with Crippen LogP contribution in [0.1, 0.15) is 28.9 Å². The molecule has 0 unspecified atom stereocenters. The summed E-state index contributed by atoms with van der Waals surface area (Å²) in [7, 11) is 3.29. The van der Waals surface area contributed by atoms with Gasteiger partial charge in [0.1, 0.15) is 10.8 Å². The van der Waals surface area contributed by atoms with Crippen molar-refractivity contribution in [3.05, 3.63) is 34.3 Å². The molecule has 3 N–H and O–H groups in total. The molecule has 0 fully saturated rings. The maximum atomic E-state index is 11.9. The number of methoxy groups -OCH3 is 1. The van der Waals surface area contributed by atoms with Gasteiger partial charge in [0, 0.05) is 36.5 Å². The maximum absolute atomic E-state index is 11.9. The van der Waals surface area contributed by atoms with E-state index in [2.05, 4.69) is 20.3 Å². The molecule has 156 valence electrons. The van der Waals surface area contributed by atoms with Crippen LogP contribution in [0.2, 0.25) is 0 Å². The molecule has 1 aliphatic rings. The van der Waals surface area contributed by atoms with Gasteiger partial charge in [0.25, 0.3) is 0 Å². The van der Waals surface area contributed by atoms with Crippen molar-refractivity contribution >= 4 is 40.7 Å². The summed E-state index contributed by atoms with van der Waals surface area (Å²) in [4.78, 5) is 25.3. The van der Waals surface area contributed by atoms with Crippen molar-refractivity contribution in [2.75, 3.05) is 25.6 Å². The summed E-state index contributed by atoms with van der Waals surface area (Å²) < 4.78 is 7.32. The van der Waals surface area contributed by atoms with Gasteiger partial charge in [-0.1, -0.05) is 0 Å². The van der Waals surface area contributed by atoms with Crippen molar-refractivity contribution in [3.8, 4) is 5.75 Å². The Morgan fingerprint density at radius 1 is 1.37 bits per heavy atom. The molecular formula is C20H23N7O2S. The molecule has 4 rings (SSSR count). The van der Waals surface area contributed by atoms with Crippen molar-refractivity contribution in [3.63, 3.8) is 0 Å². The second-order valence-electron chi connectivity index (χ2n) is 7.12. The number of carbonyl (C=O) groups is 1. The Bertz CT molecular complexity index is 1190. The van der Waals surface area contributed by atoms with Crippen molar-refractivity contribution in [1.82, 2.24) is 30.0 Å². The fraction of sp³-hybridized carbons (Fsp3) is 0.350. The lowest BCUT2D eigenvalue weighted by molar-refractivity contribution is -0.119. The minimum Gasteiger partial charge on any atom is -0.496 e. The van der Waals surface area contributed by atoms with E-state index in [1.54, 1.807) is 25.0 Å². The molecule has 1 amide bonds. The minimum absolute atomic E-state index is 0.0411. The zero-order valence-electron chi connectivity index (χ0n) is 17.3. The number of nitrogens with one attached hydrogen (secondary N) is 1. The van der Waals surface area contributed by atoms with E-state index in [-0.39, 0.29) is 11.9 Å². The number of nitrogen functional groups attached to an aromatic ring is 1. The van der Waals surface area contributed by atoms with Gasteiger partial charge in [-0.05, 0) is 25.5 Å². The van der Waals surface area contributed by atoms with E-state index < -0.39 is 0 Å². The third-order valence-corrected chi connectivity index (χ3v) is 6.14. The van der Waals surface area contributed by atoms with E-state index in [4.69, 9.17) is 15.6 Å². The third kappa shape index (κ3) is 3.58. The van der Waals surface area contributed by atoms with Gasteiger partial charge in [-0.25, -0.2) is 9.67 Å². The summed E-state index contributed by atoms with van der Waals surface area (Å²) in [5.74, 6) is 1.61. The Morgan fingerprint density at radius 2 is 2.17 bits per heavy atom. The van der Waals surface area contributed by atoms with E-state index in [9.17, 15) is 4.79 Å². The third-order valence-electron chi connectivity index (χ3n) is 5.05. The topological polar surface area (TPSA) is 121 Å². The maximum Gasteiger partial charge on any atom is 0.223 e. The molecule has 0 bridgehead atoms. The smallest absolute Gasteiger partial charge is 0.223 e. The van der Waals surface area contributed by atoms with Gasteiger partial charge in [0.2, 0.25) is 11.9 Å². The summed E-state index contributed by atoms with van der Waals surface area (Å²) in [6.45, 7) is 4.36. The Labute approximate surface area is 178 Å². The van der Waals surface area contributed by atoms with Crippen molar-refractivity contribution in [1.29, 1.82) is 0 Å². The van der Waals surface area contributed by atoms with Gasteiger partial charge in [0.05, 0.1) is 30.4 Å². The van der Waals surface area contributed by atoms with Gasteiger partial charge < -0.3 is 15.8 Å². The molecule has 0 radical (unpaired) electrons. The Morgan fingerprint density at radius 3 is 2.90 bits per heavy atom. The molecule has 9 nitrogen and oxygen atoms in total. The van der Waals surface area contributed by atoms with Gasteiger partial charge >= 0.3 is 0 Å². The zero-order chi connectivity index (χ0) is 21.4. The monoisotopic (exact) mass is 425 g/mol. The van der Waals surface area contributed by atoms with E-state index in [0.717, 1.165) is 44.2 Å². The van der Waals surface area contributed by atoms with Crippen LogP contribution in [0.15, 0.2) is 16.8 Å². The Balaban J connectivity index is 1.82. The Kier molecular flexibility index (Phi) is 5.33. The predicted molar refractivity (Wildman–Crippen MR) is 116 cm³/mol. The molecule has 10 heteroatoms. The normalized spacial score (nSPS) is 13.1. The first kappa shape index (κ1) is 20.1. The van der Waals surface area contributed by atoms with Gasteiger partial charge in [-0.15, -0.1) is 11.8 Å². The molecule has 30 heavy (non-hydrogen) atoms. The molecule has 0 saturated heterocycles. The van der Waals surface area contributed by atoms with Crippen LogP contribution in [-0.4, -0.2) is 50.5 Å². The molecule has 3 aromatic rings. The van der Waals surface area contributed by atoms with Crippen molar-refractivity contribution in [2.24, 2.45) is 0 Å². The first-order chi connectivity index (χ1) is 14.4. The predicted octanol–water partition coefficient (Wildman–Crippen LogP) is 2.10. The average molecular weight is 426 g/mol. The number of anilines is 1. The number of pyridine rings is 1. The van der Waals surface area contributed by atoms with E-state index in [1.807, 2.05) is 19.9 Å². The standard InChI is InChI=1S/C20H23N7O2S/c1-10-7-23-14(11(2)17(10)29-4)8-27-18-16-13(26-27)5-12(6-15(28)22-3)9-30-19(16)25-20(21)24-18/h5,7H,6,8-9H2,1-4H3,(H,22,28)(H2,21,24,25). The van der Waals surface area contributed by atoms with Crippen molar-refractivity contribution in [2.45, 2.75) is 31.8 Å². The first-order valence-corrected chi connectivity index (χ1v) is 10.5. The van der Waals surface area contributed by atoms with Crippen LogP contribution >= 0.6 is 11.8 Å². The molecule has 1 aliphatic heterocycles. The lowest BCUT2D eigenvalue weighted by atomic mass is 10.1. The van der Waals surface area contributed by atoms with Crippen LogP contribution in [0.3, 0.4) is 0 Å². The number of aromatic nitrogens is 5. The van der Waals surface area contributed by atoms with Crippen LogP contribution in [-0.2, 0) is 11.3 Å². The Hall–Kier alpha value is -3.14. The molecule has 0 aliphatic carbocycles. The first-order valence-electron chi connectivity index (χ1n) is 9.47. The number of amides is 1. The summed E-state index contributed by atoms with van der Waals surface area (Å²) in [5, 5.41) is 9.06. The molecule has 0 aromatic carbocycles. The fourth-order valence-electron chi connectivity index (χ4n) is 3.56.